The van der Waals surface area contributed by atoms with Crippen LogP contribution in [0.4, 0.5) is 17.6 Å². The summed E-state index contributed by atoms with van der Waals surface area (Å²) in [5, 5.41) is 0.867. The van der Waals surface area contributed by atoms with E-state index in [0.29, 0.717) is 17.0 Å². The van der Waals surface area contributed by atoms with Gasteiger partial charge in [-0.05, 0) is 42.8 Å². The minimum absolute atomic E-state index is 0.123. The molecule has 9 heteroatoms. The molecule has 0 bridgehead atoms. The molecule has 0 saturated carbocycles. The van der Waals surface area contributed by atoms with Crippen LogP contribution in [0.25, 0.3) is 33.7 Å². The van der Waals surface area contributed by atoms with E-state index in [4.69, 9.17) is 0 Å². The highest BCUT2D eigenvalue weighted by Gasteiger charge is 2.28. The minimum atomic E-state index is -4.67. The van der Waals surface area contributed by atoms with Gasteiger partial charge in [-0.1, -0.05) is 0 Å². The van der Waals surface area contributed by atoms with E-state index < -0.39 is 13.0 Å². The maximum absolute atomic E-state index is 13.3. The number of aromatic nitrogens is 4. The van der Waals surface area contributed by atoms with E-state index in [1.165, 1.54) is 12.1 Å². The highest BCUT2D eigenvalue weighted by Crippen LogP contribution is 2.31. The van der Waals surface area contributed by atoms with Gasteiger partial charge in [0, 0.05) is 35.5 Å². The van der Waals surface area contributed by atoms with Gasteiger partial charge in [0.05, 0.1) is 18.5 Å². The number of pyridine rings is 1. The van der Waals surface area contributed by atoms with Crippen molar-refractivity contribution >= 4 is 11.0 Å². The molecule has 0 atom stereocenters. The number of rotatable bonds is 6. The summed E-state index contributed by atoms with van der Waals surface area (Å²) in [5.74, 6) is 0.154. The number of hydrogen-bond acceptors (Lipinski definition) is 3. The third-order valence-corrected chi connectivity index (χ3v) is 4.49. The zero-order chi connectivity index (χ0) is 20.4. The Labute approximate surface area is 163 Å². The molecule has 0 aliphatic carbocycles. The molecule has 0 spiro atoms. The number of alkyl halides is 3. The molecule has 5 nitrogen and oxygen atoms in total. The van der Waals surface area contributed by atoms with Gasteiger partial charge in [-0.2, -0.15) is 0 Å². The number of fused-ring (bicyclic) bond motifs is 1. The lowest BCUT2D eigenvalue weighted by atomic mass is 10.1. The second kappa shape index (κ2) is 7.67. The molecule has 0 unspecified atom stereocenters. The summed E-state index contributed by atoms with van der Waals surface area (Å²) < 4.78 is 55.9. The first-order chi connectivity index (χ1) is 13.9. The average molecular weight is 404 g/mol. The van der Waals surface area contributed by atoms with Crippen LogP contribution >= 0.6 is 0 Å². The van der Waals surface area contributed by atoms with Crippen molar-refractivity contribution < 1.29 is 22.3 Å². The Kier molecular flexibility index (Phi) is 5.06. The smallest absolute Gasteiger partial charge is 0.346 e. The summed E-state index contributed by atoms with van der Waals surface area (Å²) in [5.41, 5.74) is 2.92. The van der Waals surface area contributed by atoms with Gasteiger partial charge in [-0.25, -0.2) is 14.4 Å². The zero-order valence-electron chi connectivity index (χ0n) is 15.1. The monoisotopic (exact) mass is 404 g/mol. The van der Waals surface area contributed by atoms with E-state index in [2.05, 4.69) is 19.7 Å². The molecule has 3 heterocycles. The Morgan fingerprint density at radius 3 is 2.59 bits per heavy atom. The van der Waals surface area contributed by atoms with Gasteiger partial charge in [-0.3, -0.25) is 4.74 Å². The molecule has 3 aromatic heterocycles. The Morgan fingerprint density at radius 2 is 1.83 bits per heavy atom. The lowest BCUT2D eigenvalue weighted by Crippen LogP contribution is -2.15. The number of hydrogen-bond donors (Lipinski definition) is 1. The maximum Gasteiger partial charge on any atom is 0.522 e. The molecule has 0 saturated heterocycles. The molecule has 29 heavy (non-hydrogen) atoms. The van der Waals surface area contributed by atoms with Crippen LogP contribution in [-0.2, 0) is 11.3 Å². The lowest BCUT2D eigenvalue weighted by molar-refractivity contribution is -0.324. The van der Waals surface area contributed by atoms with Crippen molar-refractivity contribution in [2.75, 3.05) is 6.61 Å². The summed E-state index contributed by atoms with van der Waals surface area (Å²) in [6, 6.07) is 9.50. The summed E-state index contributed by atoms with van der Waals surface area (Å²) in [4.78, 5) is 11.8. The van der Waals surface area contributed by atoms with E-state index in [9.17, 15) is 17.6 Å². The van der Waals surface area contributed by atoms with Gasteiger partial charge < -0.3 is 9.55 Å². The first kappa shape index (κ1) is 19.1. The summed E-state index contributed by atoms with van der Waals surface area (Å²) >= 11 is 0. The molecule has 4 aromatic rings. The molecule has 1 aromatic carbocycles. The van der Waals surface area contributed by atoms with Crippen LogP contribution in [0.3, 0.4) is 0 Å². The van der Waals surface area contributed by atoms with Crippen LogP contribution < -0.4 is 0 Å². The fourth-order valence-electron chi connectivity index (χ4n) is 3.24. The average Bonchev–Trinajstić information content (AvgIpc) is 3.32. The number of aromatic amines is 1. The van der Waals surface area contributed by atoms with Crippen molar-refractivity contribution in [3.8, 4) is 22.6 Å². The topological polar surface area (TPSA) is 55.7 Å². The molecule has 0 fully saturated rings. The van der Waals surface area contributed by atoms with Crippen LogP contribution in [0, 0.1) is 5.82 Å². The predicted octanol–water partition coefficient (Wildman–Crippen LogP) is 5.16. The number of nitrogens with one attached hydrogen (secondary N) is 1. The highest BCUT2D eigenvalue weighted by atomic mass is 19.4. The number of nitrogens with zero attached hydrogens (tertiary/aromatic N) is 3. The number of ether oxygens (including phenoxy) is 1. The third kappa shape index (κ3) is 4.14. The van der Waals surface area contributed by atoms with Crippen molar-refractivity contribution in [1.29, 1.82) is 0 Å². The number of imidazole rings is 1. The Morgan fingerprint density at radius 1 is 1.03 bits per heavy atom. The summed E-state index contributed by atoms with van der Waals surface area (Å²) in [7, 11) is 0. The van der Waals surface area contributed by atoms with E-state index in [1.54, 1.807) is 30.7 Å². The van der Waals surface area contributed by atoms with E-state index in [-0.39, 0.29) is 18.8 Å². The van der Waals surface area contributed by atoms with Crippen molar-refractivity contribution in [3.63, 3.8) is 0 Å². The number of halogens is 4. The van der Waals surface area contributed by atoms with Gasteiger partial charge in [0.25, 0.3) is 0 Å². The Balaban J connectivity index is 1.73. The SMILES string of the molecule is Fc1ccc(-c2ncc(-c3ccnc4[nH]ccc34)n2CCCOC(F)(F)F)cc1. The van der Waals surface area contributed by atoms with Crippen LogP contribution in [-0.4, -0.2) is 32.5 Å². The number of benzene rings is 1. The first-order valence-electron chi connectivity index (χ1n) is 8.87. The Hall–Kier alpha value is -3.20. The molecule has 4 rings (SSSR count). The third-order valence-electron chi connectivity index (χ3n) is 4.49. The molecule has 0 amide bonds. The van der Waals surface area contributed by atoms with Gasteiger partial charge in [-0.15, -0.1) is 13.2 Å². The van der Waals surface area contributed by atoms with Crippen LogP contribution in [0.5, 0.6) is 0 Å². The summed E-state index contributed by atoms with van der Waals surface area (Å²) in [6.45, 7) is -0.230. The zero-order valence-corrected chi connectivity index (χ0v) is 15.1. The standard InChI is InChI=1S/C20H16F4N4O/c21-14-4-2-13(3-5-14)19-27-12-17(28(19)10-1-11-29-20(22,23)24)15-6-8-25-18-16(15)7-9-26-18/h2-9,12H,1,10-11H2,(H,25,26). The Bertz CT molecular complexity index is 1120. The maximum atomic E-state index is 13.3. The van der Waals surface area contributed by atoms with E-state index in [1.807, 2.05) is 16.7 Å². The van der Waals surface area contributed by atoms with E-state index in [0.717, 1.165) is 16.6 Å². The van der Waals surface area contributed by atoms with Gasteiger partial charge in [0.1, 0.15) is 17.3 Å². The first-order valence-corrected chi connectivity index (χ1v) is 8.87. The van der Waals surface area contributed by atoms with Gasteiger partial charge in [0.15, 0.2) is 0 Å². The van der Waals surface area contributed by atoms with Gasteiger partial charge in [0.2, 0.25) is 0 Å². The van der Waals surface area contributed by atoms with E-state index >= 15 is 0 Å². The van der Waals surface area contributed by atoms with Crippen molar-refractivity contribution in [1.82, 2.24) is 19.5 Å². The normalized spacial score (nSPS) is 12.0. The van der Waals surface area contributed by atoms with Crippen molar-refractivity contribution in [3.05, 3.63) is 60.8 Å². The summed E-state index contributed by atoms with van der Waals surface area (Å²) in [6.07, 6.45) is 0.527. The van der Waals surface area contributed by atoms with Gasteiger partial charge >= 0.3 is 6.36 Å². The second-order valence-electron chi connectivity index (χ2n) is 6.37. The molecule has 0 radical (unpaired) electrons. The molecule has 0 aliphatic heterocycles. The van der Waals surface area contributed by atoms with Crippen LogP contribution in [0.15, 0.2) is 55.0 Å². The molecule has 1 N–H and O–H groups in total. The number of H-pyrrole nitrogens is 1. The molecular weight excluding hydrogens is 388 g/mol. The molecule has 0 aliphatic rings. The fraction of sp³-hybridized carbons (Fsp3) is 0.200. The lowest BCUT2D eigenvalue weighted by Gasteiger charge is -2.14. The minimum Gasteiger partial charge on any atom is -0.346 e. The quantitative estimate of drug-likeness (QED) is 0.357. The second-order valence-corrected chi connectivity index (χ2v) is 6.37. The van der Waals surface area contributed by atoms with Crippen molar-refractivity contribution in [2.24, 2.45) is 0 Å². The van der Waals surface area contributed by atoms with Crippen LogP contribution in [0.1, 0.15) is 6.42 Å². The fourth-order valence-corrected chi connectivity index (χ4v) is 3.24. The largest absolute Gasteiger partial charge is 0.522 e. The predicted molar refractivity (Wildman–Crippen MR) is 99.3 cm³/mol. The molecular formula is C20H16F4N4O. The van der Waals surface area contributed by atoms with Crippen LogP contribution in [0.2, 0.25) is 0 Å². The van der Waals surface area contributed by atoms with Crippen molar-refractivity contribution in [2.45, 2.75) is 19.3 Å². The highest BCUT2D eigenvalue weighted by molar-refractivity contribution is 5.92. The molecule has 150 valence electrons.